The molecule has 1 aromatic heterocycles. The SMILES string of the molecule is COC(=O)C(C)(C)n1cc(F)c(S(=O)(=O)N(Cc2ccc(OC)cc2)Cc2ccc(OC)cc2)n1. The minimum absolute atomic E-state index is 0.0505. The van der Waals surface area contributed by atoms with E-state index in [1.165, 1.54) is 35.2 Å². The summed E-state index contributed by atoms with van der Waals surface area (Å²) in [6, 6.07) is 13.7. The van der Waals surface area contributed by atoms with Crippen molar-refractivity contribution in [2.75, 3.05) is 21.3 Å². The summed E-state index contributed by atoms with van der Waals surface area (Å²) in [5.41, 5.74) is -0.0876. The average molecular weight is 506 g/mol. The number of hydrogen-bond donors (Lipinski definition) is 0. The zero-order valence-corrected chi connectivity index (χ0v) is 21.0. The first kappa shape index (κ1) is 26.2. The molecule has 0 radical (unpaired) electrons. The Kier molecular flexibility index (Phi) is 7.81. The van der Waals surface area contributed by atoms with Crippen LogP contribution in [-0.2, 0) is 38.2 Å². The van der Waals surface area contributed by atoms with Crippen molar-refractivity contribution in [2.45, 2.75) is 37.5 Å². The quantitative estimate of drug-likeness (QED) is 0.390. The molecule has 11 heteroatoms. The predicted molar refractivity (Wildman–Crippen MR) is 126 cm³/mol. The Morgan fingerprint density at radius 3 is 1.80 bits per heavy atom. The summed E-state index contributed by atoms with van der Waals surface area (Å²) < 4.78 is 59.4. The van der Waals surface area contributed by atoms with Crippen LogP contribution in [0.2, 0.25) is 0 Å². The number of esters is 1. The maximum absolute atomic E-state index is 15.0. The van der Waals surface area contributed by atoms with Crippen LogP contribution < -0.4 is 9.47 Å². The Morgan fingerprint density at radius 2 is 1.40 bits per heavy atom. The normalized spacial score (nSPS) is 12.0. The van der Waals surface area contributed by atoms with Crippen molar-refractivity contribution in [1.82, 2.24) is 14.1 Å². The smallest absolute Gasteiger partial charge is 0.333 e. The van der Waals surface area contributed by atoms with Gasteiger partial charge in [0.1, 0.15) is 11.5 Å². The molecule has 35 heavy (non-hydrogen) atoms. The number of hydrogen-bond acceptors (Lipinski definition) is 7. The van der Waals surface area contributed by atoms with Gasteiger partial charge in [0, 0.05) is 13.1 Å². The molecule has 2 aromatic carbocycles. The molecule has 0 aliphatic rings. The summed E-state index contributed by atoms with van der Waals surface area (Å²) >= 11 is 0. The summed E-state index contributed by atoms with van der Waals surface area (Å²) in [5, 5.41) is 3.17. The lowest BCUT2D eigenvalue weighted by molar-refractivity contribution is -0.150. The molecule has 0 aliphatic heterocycles. The number of aromatic nitrogens is 2. The van der Waals surface area contributed by atoms with Gasteiger partial charge < -0.3 is 14.2 Å². The molecule has 0 N–H and O–H groups in total. The van der Waals surface area contributed by atoms with Gasteiger partial charge in [-0.3, -0.25) is 4.68 Å². The van der Waals surface area contributed by atoms with E-state index in [9.17, 15) is 17.6 Å². The Morgan fingerprint density at radius 1 is 0.943 bits per heavy atom. The lowest BCUT2D eigenvalue weighted by Gasteiger charge is -2.23. The van der Waals surface area contributed by atoms with Crippen molar-refractivity contribution < 1.29 is 31.8 Å². The Balaban J connectivity index is 2.02. The molecule has 188 valence electrons. The molecule has 0 saturated heterocycles. The number of carbonyl (C=O) groups is 1. The molecule has 3 aromatic rings. The predicted octanol–water partition coefficient (Wildman–Crippen LogP) is 3.34. The topological polar surface area (TPSA) is 100.0 Å². The third kappa shape index (κ3) is 5.63. The fraction of sp³-hybridized carbons (Fsp3) is 0.333. The summed E-state index contributed by atoms with van der Waals surface area (Å²) in [6.45, 7) is 2.80. The highest BCUT2D eigenvalue weighted by Gasteiger charge is 2.37. The van der Waals surface area contributed by atoms with Crippen LogP contribution in [0.15, 0.2) is 59.8 Å². The number of sulfonamides is 1. The van der Waals surface area contributed by atoms with Crippen molar-refractivity contribution in [3.63, 3.8) is 0 Å². The van der Waals surface area contributed by atoms with Gasteiger partial charge in [0.25, 0.3) is 10.0 Å². The van der Waals surface area contributed by atoms with E-state index in [1.54, 1.807) is 48.5 Å². The lowest BCUT2D eigenvalue weighted by atomic mass is 10.1. The van der Waals surface area contributed by atoms with E-state index in [0.29, 0.717) is 22.6 Å². The summed E-state index contributed by atoms with van der Waals surface area (Å²) in [6.07, 6.45) is 0.878. The molecule has 0 spiro atoms. The minimum Gasteiger partial charge on any atom is -0.497 e. The molecule has 0 unspecified atom stereocenters. The molecule has 0 fully saturated rings. The summed E-state index contributed by atoms with van der Waals surface area (Å²) in [4.78, 5) is 12.1. The van der Waals surface area contributed by atoms with Gasteiger partial charge in [0.2, 0.25) is 5.03 Å². The van der Waals surface area contributed by atoms with E-state index in [2.05, 4.69) is 5.10 Å². The number of methoxy groups -OCH3 is 3. The molecule has 0 aliphatic carbocycles. The van der Waals surface area contributed by atoms with Crippen LogP contribution >= 0.6 is 0 Å². The van der Waals surface area contributed by atoms with E-state index in [4.69, 9.17) is 14.2 Å². The number of rotatable bonds is 10. The van der Waals surface area contributed by atoms with Crippen LogP contribution in [0, 0.1) is 5.82 Å². The highest BCUT2D eigenvalue weighted by atomic mass is 32.2. The molecule has 0 bridgehead atoms. The monoisotopic (exact) mass is 505 g/mol. The second-order valence-corrected chi connectivity index (χ2v) is 10.1. The number of halogens is 1. The standard InChI is InChI=1S/C24H28FN3O6S/c1-24(2,23(29)34-5)28-16-21(25)22(26-28)35(30,31)27(14-17-6-10-19(32-3)11-7-17)15-18-8-12-20(33-4)13-9-18/h6-13,16H,14-15H2,1-5H3. The minimum atomic E-state index is -4.42. The number of nitrogens with zero attached hydrogens (tertiary/aromatic N) is 3. The van der Waals surface area contributed by atoms with Gasteiger partial charge in [-0.15, -0.1) is 0 Å². The van der Waals surface area contributed by atoms with Crippen LogP contribution in [0.3, 0.4) is 0 Å². The third-order valence-electron chi connectivity index (χ3n) is 5.52. The van der Waals surface area contributed by atoms with Gasteiger partial charge in [0.05, 0.1) is 27.5 Å². The molecule has 9 nitrogen and oxygen atoms in total. The molecule has 0 saturated carbocycles. The maximum atomic E-state index is 15.0. The fourth-order valence-electron chi connectivity index (χ4n) is 3.36. The Hall–Kier alpha value is -3.44. The largest absolute Gasteiger partial charge is 0.497 e. The van der Waals surface area contributed by atoms with Crippen molar-refractivity contribution >= 4 is 16.0 Å². The number of ether oxygens (including phenoxy) is 3. The Bertz CT molecular complexity index is 1220. The first-order valence-corrected chi connectivity index (χ1v) is 12.1. The zero-order chi connectivity index (χ0) is 25.8. The second kappa shape index (κ2) is 10.4. The molecule has 0 amide bonds. The lowest BCUT2D eigenvalue weighted by Crippen LogP contribution is -2.37. The molecule has 0 atom stereocenters. The van der Waals surface area contributed by atoms with Crippen LogP contribution in [0.25, 0.3) is 0 Å². The zero-order valence-electron chi connectivity index (χ0n) is 20.2. The van der Waals surface area contributed by atoms with Crippen molar-refractivity contribution in [3.8, 4) is 11.5 Å². The van der Waals surface area contributed by atoms with Gasteiger partial charge in [-0.1, -0.05) is 24.3 Å². The van der Waals surface area contributed by atoms with E-state index in [-0.39, 0.29) is 13.1 Å². The van der Waals surface area contributed by atoms with E-state index < -0.39 is 32.4 Å². The first-order chi connectivity index (χ1) is 16.5. The second-order valence-electron chi connectivity index (χ2n) is 8.25. The molecule has 3 rings (SSSR count). The summed E-state index contributed by atoms with van der Waals surface area (Å²) in [5.74, 6) is -0.532. The van der Waals surface area contributed by atoms with Crippen LogP contribution in [0.5, 0.6) is 11.5 Å². The van der Waals surface area contributed by atoms with Gasteiger partial charge >= 0.3 is 5.97 Å². The first-order valence-electron chi connectivity index (χ1n) is 10.6. The van der Waals surface area contributed by atoms with E-state index in [1.807, 2.05) is 0 Å². The number of carbonyl (C=O) groups excluding carboxylic acids is 1. The third-order valence-corrected chi connectivity index (χ3v) is 7.22. The van der Waals surface area contributed by atoms with Gasteiger partial charge in [-0.2, -0.15) is 9.40 Å². The highest BCUT2D eigenvalue weighted by molar-refractivity contribution is 7.89. The number of benzene rings is 2. The van der Waals surface area contributed by atoms with Gasteiger partial charge in [0.15, 0.2) is 11.4 Å². The molecular formula is C24H28FN3O6S. The van der Waals surface area contributed by atoms with Gasteiger partial charge in [-0.25, -0.2) is 17.6 Å². The van der Waals surface area contributed by atoms with Crippen LogP contribution in [0.1, 0.15) is 25.0 Å². The Labute approximate surface area is 204 Å². The van der Waals surface area contributed by atoms with Gasteiger partial charge in [-0.05, 0) is 49.2 Å². The van der Waals surface area contributed by atoms with E-state index >= 15 is 0 Å². The van der Waals surface area contributed by atoms with E-state index in [0.717, 1.165) is 15.2 Å². The van der Waals surface area contributed by atoms with Crippen molar-refractivity contribution in [1.29, 1.82) is 0 Å². The summed E-state index contributed by atoms with van der Waals surface area (Å²) in [7, 11) is -0.168. The average Bonchev–Trinajstić information content (AvgIpc) is 3.27. The fourth-order valence-corrected chi connectivity index (χ4v) is 4.73. The maximum Gasteiger partial charge on any atom is 0.333 e. The molecular weight excluding hydrogens is 477 g/mol. The van der Waals surface area contributed by atoms with Crippen molar-refractivity contribution in [3.05, 3.63) is 71.7 Å². The van der Waals surface area contributed by atoms with Crippen molar-refractivity contribution in [2.24, 2.45) is 0 Å². The molecule has 1 heterocycles. The highest BCUT2D eigenvalue weighted by Crippen LogP contribution is 2.26. The van der Waals surface area contributed by atoms with Crippen LogP contribution in [-0.4, -0.2) is 49.8 Å². The van der Waals surface area contributed by atoms with Crippen LogP contribution in [0.4, 0.5) is 4.39 Å².